The molecule has 114 valence electrons. The molecule has 2 fully saturated rings. The summed E-state index contributed by atoms with van der Waals surface area (Å²) in [5.41, 5.74) is 1.03. The van der Waals surface area contributed by atoms with Crippen LogP contribution < -0.4 is 5.32 Å². The molecule has 0 aromatic heterocycles. The summed E-state index contributed by atoms with van der Waals surface area (Å²) in [6, 6.07) is 10.1. The number of ether oxygens (including phenoxy) is 1. The summed E-state index contributed by atoms with van der Waals surface area (Å²) in [6.07, 6.45) is 3.62. The van der Waals surface area contributed by atoms with E-state index in [4.69, 9.17) is 4.74 Å². The van der Waals surface area contributed by atoms with Crippen LogP contribution in [0.2, 0.25) is 0 Å². The molecule has 2 aliphatic carbocycles. The maximum Gasteiger partial charge on any atom is 0.407 e. The first-order valence-electron chi connectivity index (χ1n) is 8.12. The lowest BCUT2D eigenvalue weighted by Gasteiger charge is -2.34. The van der Waals surface area contributed by atoms with Gasteiger partial charge in [-0.25, -0.2) is 4.79 Å². The molecule has 1 N–H and O–H groups in total. The second kappa shape index (κ2) is 6.08. The Kier molecular flexibility index (Phi) is 4.18. The lowest BCUT2D eigenvalue weighted by Crippen LogP contribution is -2.45. The molecule has 1 unspecified atom stereocenters. The van der Waals surface area contributed by atoms with Crippen molar-refractivity contribution in [3.63, 3.8) is 0 Å². The molecule has 3 nitrogen and oxygen atoms in total. The third kappa shape index (κ3) is 3.07. The number of carbonyl (C=O) groups is 1. The molecule has 0 spiro atoms. The number of amides is 1. The standard InChI is InChI=1S/C18H25NO2/c1-12(2)16-14-8-9-15(10-14)17(16)19-18(20)21-11-13-6-4-3-5-7-13/h3-7,12,14-17H,8-11H2,1-2H3,(H,19,20)/t14-,15+,16?,17+/m1/s1. The average molecular weight is 287 g/mol. The minimum Gasteiger partial charge on any atom is -0.445 e. The Hall–Kier alpha value is -1.51. The molecule has 4 atom stereocenters. The highest BCUT2D eigenvalue weighted by Crippen LogP contribution is 2.51. The number of rotatable bonds is 4. The van der Waals surface area contributed by atoms with Crippen molar-refractivity contribution >= 4 is 6.09 Å². The Labute approximate surface area is 127 Å². The number of hydrogen-bond donors (Lipinski definition) is 1. The summed E-state index contributed by atoms with van der Waals surface area (Å²) in [5.74, 6) is 2.70. The van der Waals surface area contributed by atoms with Gasteiger partial charge in [0, 0.05) is 6.04 Å². The van der Waals surface area contributed by atoms with Crippen molar-refractivity contribution in [2.45, 2.75) is 45.8 Å². The molecular formula is C18H25NO2. The van der Waals surface area contributed by atoms with Crippen molar-refractivity contribution in [2.75, 3.05) is 0 Å². The van der Waals surface area contributed by atoms with Gasteiger partial charge in [0.1, 0.15) is 6.61 Å². The maximum absolute atomic E-state index is 12.1. The fraction of sp³-hybridized carbons (Fsp3) is 0.611. The molecule has 1 aromatic carbocycles. The highest BCUT2D eigenvalue weighted by molar-refractivity contribution is 5.67. The fourth-order valence-electron chi connectivity index (χ4n) is 4.41. The smallest absolute Gasteiger partial charge is 0.407 e. The molecular weight excluding hydrogens is 262 g/mol. The van der Waals surface area contributed by atoms with Crippen LogP contribution in [0.1, 0.15) is 38.7 Å². The van der Waals surface area contributed by atoms with Gasteiger partial charge in [0.2, 0.25) is 0 Å². The zero-order valence-corrected chi connectivity index (χ0v) is 12.9. The summed E-state index contributed by atoms with van der Waals surface area (Å²) in [5, 5.41) is 3.15. The minimum absolute atomic E-state index is 0.262. The van der Waals surface area contributed by atoms with E-state index in [1.54, 1.807) is 0 Å². The normalized spacial score (nSPS) is 30.6. The predicted molar refractivity (Wildman–Crippen MR) is 82.7 cm³/mol. The van der Waals surface area contributed by atoms with Crippen molar-refractivity contribution in [2.24, 2.45) is 23.7 Å². The third-order valence-electron chi connectivity index (χ3n) is 5.25. The largest absolute Gasteiger partial charge is 0.445 e. The SMILES string of the molecule is CC(C)C1[C@@H]2CC[C@@H](C2)[C@@H]1NC(=O)OCc1ccccc1. The van der Waals surface area contributed by atoms with E-state index in [-0.39, 0.29) is 6.09 Å². The predicted octanol–water partition coefficient (Wildman–Crippen LogP) is 3.98. The fourth-order valence-corrected chi connectivity index (χ4v) is 4.41. The molecule has 0 saturated heterocycles. The number of fused-ring (bicyclic) bond motifs is 2. The second-order valence-corrected chi connectivity index (χ2v) is 6.89. The Morgan fingerprint density at radius 1 is 1.24 bits per heavy atom. The van der Waals surface area contributed by atoms with Crippen molar-refractivity contribution in [3.05, 3.63) is 35.9 Å². The number of benzene rings is 1. The van der Waals surface area contributed by atoms with Gasteiger partial charge >= 0.3 is 6.09 Å². The van der Waals surface area contributed by atoms with Crippen LogP contribution in [0.3, 0.4) is 0 Å². The van der Waals surface area contributed by atoms with E-state index in [0.29, 0.717) is 30.4 Å². The molecule has 1 aromatic rings. The lowest BCUT2D eigenvalue weighted by molar-refractivity contribution is 0.118. The topological polar surface area (TPSA) is 38.3 Å². The van der Waals surface area contributed by atoms with Crippen molar-refractivity contribution in [1.82, 2.24) is 5.32 Å². The first-order chi connectivity index (χ1) is 10.1. The second-order valence-electron chi connectivity index (χ2n) is 6.89. The van der Waals surface area contributed by atoms with Gasteiger partial charge in [-0.15, -0.1) is 0 Å². The van der Waals surface area contributed by atoms with Crippen LogP contribution >= 0.6 is 0 Å². The molecule has 0 aliphatic heterocycles. The molecule has 2 aliphatic rings. The molecule has 3 rings (SSSR count). The van der Waals surface area contributed by atoms with E-state index in [1.807, 2.05) is 30.3 Å². The van der Waals surface area contributed by atoms with Crippen molar-refractivity contribution in [1.29, 1.82) is 0 Å². The Morgan fingerprint density at radius 2 is 1.95 bits per heavy atom. The lowest BCUT2D eigenvalue weighted by atomic mass is 9.77. The van der Waals surface area contributed by atoms with E-state index in [0.717, 1.165) is 11.5 Å². The Balaban J connectivity index is 1.54. The van der Waals surface area contributed by atoms with Crippen LogP contribution in [0.5, 0.6) is 0 Å². The van der Waals surface area contributed by atoms with Gasteiger partial charge in [0.15, 0.2) is 0 Å². The molecule has 0 radical (unpaired) electrons. The summed E-state index contributed by atoms with van der Waals surface area (Å²) in [4.78, 5) is 12.1. The van der Waals surface area contributed by atoms with Gasteiger partial charge in [0.25, 0.3) is 0 Å². The Bertz CT molecular complexity index is 485. The van der Waals surface area contributed by atoms with Crippen LogP contribution in [0.4, 0.5) is 4.79 Å². The van der Waals surface area contributed by atoms with Gasteiger partial charge in [-0.05, 0) is 48.5 Å². The number of hydrogen-bond acceptors (Lipinski definition) is 2. The first kappa shape index (κ1) is 14.4. The molecule has 2 bridgehead atoms. The van der Waals surface area contributed by atoms with E-state index in [2.05, 4.69) is 19.2 Å². The van der Waals surface area contributed by atoms with E-state index in [9.17, 15) is 4.79 Å². The van der Waals surface area contributed by atoms with E-state index < -0.39 is 0 Å². The summed E-state index contributed by atoms with van der Waals surface area (Å²) in [6.45, 7) is 4.89. The monoisotopic (exact) mass is 287 g/mol. The van der Waals surface area contributed by atoms with Gasteiger partial charge in [-0.1, -0.05) is 44.2 Å². The van der Waals surface area contributed by atoms with E-state index >= 15 is 0 Å². The molecule has 2 saturated carbocycles. The van der Waals surface area contributed by atoms with Crippen LogP contribution in [0.15, 0.2) is 30.3 Å². The zero-order chi connectivity index (χ0) is 14.8. The maximum atomic E-state index is 12.1. The van der Waals surface area contributed by atoms with Crippen LogP contribution in [0.25, 0.3) is 0 Å². The van der Waals surface area contributed by atoms with Crippen LogP contribution in [0, 0.1) is 23.7 Å². The first-order valence-corrected chi connectivity index (χ1v) is 8.12. The zero-order valence-electron chi connectivity index (χ0n) is 12.9. The molecule has 1 amide bonds. The minimum atomic E-state index is -0.262. The number of carbonyl (C=O) groups excluding carboxylic acids is 1. The number of nitrogens with one attached hydrogen (secondary N) is 1. The van der Waals surface area contributed by atoms with Crippen molar-refractivity contribution in [3.8, 4) is 0 Å². The quantitative estimate of drug-likeness (QED) is 0.909. The molecule has 21 heavy (non-hydrogen) atoms. The highest BCUT2D eigenvalue weighted by atomic mass is 16.5. The van der Waals surface area contributed by atoms with Crippen LogP contribution in [-0.2, 0) is 11.3 Å². The summed E-state index contributed by atoms with van der Waals surface area (Å²) in [7, 11) is 0. The summed E-state index contributed by atoms with van der Waals surface area (Å²) >= 11 is 0. The molecule has 0 heterocycles. The van der Waals surface area contributed by atoms with Gasteiger partial charge in [0.05, 0.1) is 0 Å². The summed E-state index contributed by atoms with van der Waals surface area (Å²) < 4.78 is 5.38. The van der Waals surface area contributed by atoms with E-state index in [1.165, 1.54) is 19.3 Å². The Morgan fingerprint density at radius 3 is 2.67 bits per heavy atom. The van der Waals surface area contributed by atoms with Gasteiger partial charge in [-0.2, -0.15) is 0 Å². The average Bonchev–Trinajstić information content (AvgIpc) is 3.07. The highest BCUT2D eigenvalue weighted by Gasteiger charge is 2.49. The number of alkyl carbamates (subject to hydrolysis) is 1. The third-order valence-corrected chi connectivity index (χ3v) is 5.25. The van der Waals surface area contributed by atoms with Gasteiger partial charge < -0.3 is 10.1 Å². The van der Waals surface area contributed by atoms with Crippen molar-refractivity contribution < 1.29 is 9.53 Å². The van der Waals surface area contributed by atoms with Crippen LogP contribution in [-0.4, -0.2) is 12.1 Å². The molecule has 3 heteroatoms. The van der Waals surface area contributed by atoms with Gasteiger partial charge in [-0.3, -0.25) is 0 Å².